The van der Waals surface area contributed by atoms with Crippen LogP contribution in [0.5, 0.6) is 0 Å². The molecule has 6 amide bonds. The maximum Gasteiger partial charge on any atom is 0.416 e. The minimum Gasteiger partial charge on any atom is -0.310 e. The van der Waals surface area contributed by atoms with E-state index in [0.717, 1.165) is 83.3 Å². The van der Waals surface area contributed by atoms with Gasteiger partial charge in [-0.05, 0) is 186 Å². The third-order valence-electron chi connectivity index (χ3n) is 25.0. The lowest BCUT2D eigenvalue weighted by molar-refractivity contribution is -0.143. The van der Waals surface area contributed by atoms with Gasteiger partial charge in [0, 0.05) is 120 Å². The third kappa shape index (κ3) is 12.2. The molecule has 0 saturated carbocycles. The number of rotatable bonds is 8. The summed E-state index contributed by atoms with van der Waals surface area (Å²) >= 11 is 0. The van der Waals surface area contributed by atoms with Gasteiger partial charge in [-0.1, -0.05) is 243 Å². The fourth-order valence-electron chi connectivity index (χ4n) is 19.3. The van der Waals surface area contributed by atoms with E-state index in [1.807, 2.05) is 121 Å². The van der Waals surface area contributed by atoms with Gasteiger partial charge in [0.2, 0.25) is 0 Å². The Morgan fingerprint density at radius 2 is 0.611 bits per heavy atom. The second-order valence-corrected chi connectivity index (χ2v) is 35.5. The standard InChI is InChI=1S/C44H26F6N2O2Si.C32H22N2O2.C31H20N2O2/c45-43(46,47)27-24-28(44(48,49)50)26-29(25-27)51-41(53)33-17-11-16-32-35(23-22-34(40(32)33)42(51)54)52-36-18-7-9-20-38(36)55(30-12-3-1-4-13-30,31-14-5-2-6-15-31)39-21-10-8-19-37(39)52;1-33-31(35)26-10-6-9-25-24(17-18-27(30(25)26)32(33)36)20-13-15-23(16-14-20)34-28-11-4-2-7-21(28)19-22-8-3-5-12-29(22)34;1-32-30(34)25-10-6-9-24-21(17-18-26(29(24)25)31(32)35)19-13-15-20(16-14-19)33-27-11-4-2-7-22(27)23-8-3-5-12-28(23)33/h1-26H;2-18H,19H2,1H3;2-18H,1H3. The van der Waals surface area contributed by atoms with Gasteiger partial charge in [-0.3, -0.25) is 38.6 Å². The Hall–Kier alpha value is -15.9. The Morgan fingerprint density at radius 1 is 0.262 bits per heavy atom. The van der Waals surface area contributed by atoms with Crippen LogP contribution < -0.4 is 35.4 Å². The first-order valence-electron chi connectivity index (χ1n) is 40.9. The fraction of sp³-hybridized carbons (Fsp3) is 0.0467. The molecular weight excluding hydrogens is 1610 g/mol. The Morgan fingerprint density at radius 3 is 1.07 bits per heavy atom. The summed E-state index contributed by atoms with van der Waals surface area (Å²) in [5, 5.41) is 11.1. The Labute approximate surface area is 718 Å². The number of amides is 6. The lowest BCUT2D eigenvalue weighted by Gasteiger charge is -2.45. The number of benzene rings is 17. The van der Waals surface area contributed by atoms with Crippen LogP contribution in [0.25, 0.3) is 82.1 Å². The molecule has 0 aliphatic carbocycles. The topological polar surface area (TPSA) is 124 Å². The zero-order valence-corrected chi connectivity index (χ0v) is 68.2. The molecule has 0 atom stereocenters. The van der Waals surface area contributed by atoms with Crippen molar-refractivity contribution in [1.82, 2.24) is 14.4 Å². The number of carbonyl (C=O) groups is 6. The number of hydrogen-bond acceptors (Lipinski definition) is 8. The van der Waals surface area contributed by atoms with E-state index >= 15 is 0 Å². The fourth-order valence-corrected chi connectivity index (χ4v) is 24.4. The molecule has 12 nitrogen and oxygen atoms in total. The quantitative estimate of drug-likeness (QED) is 0.0837. The van der Waals surface area contributed by atoms with Crippen LogP contribution in [0.3, 0.4) is 0 Å². The lowest BCUT2D eigenvalue weighted by atomic mass is 9.89. The highest BCUT2D eigenvalue weighted by molar-refractivity contribution is 7.21. The zero-order chi connectivity index (χ0) is 86.3. The predicted molar refractivity (Wildman–Crippen MR) is 487 cm³/mol. The van der Waals surface area contributed by atoms with Gasteiger partial charge >= 0.3 is 12.4 Å². The van der Waals surface area contributed by atoms with Gasteiger partial charge in [0.25, 0.3) is 35.4 Å². The van der Waals surface area contributed by atoms with Crippen molar-refractivity contribution in [2.24, 2.45) is 0 Å². The van der Waals surface area contributed by atoms with Crippen molar-refractivity contribution in [2.75, 3.05) is 28.8 Å². The van der Waals surface area contributed by atoms with E-state index in [-0.39, 0.29) is 46.2 Å². The molecule has 5 aliphatic heterocycles. The number of para-hydroxylation sites is 6. The molecule has 0 spiro atoms. The van der Waals surface area contributed by atoms with Gasteiger partial charge in [-0.15, -0.1) is 0 Å². The summed E-state index contributed by atoms with van der Waals surface area (Å²) in [4.78, 5) is 86.6. The number of alkyl halides is 6. The minimum absolute atomic E-state index is 0.0317. The highest BCUT2D eigenvalue weighted by atomic mass is 28.3. The van der Waals surface area contributed by atoms with Crippen LogP contribution in [-0.2, 0) is 18.8 Å². The summed E-state index contributed by atoms with van der Waals surface area (Å²) in [5.74, 6) is -3.10. The second-order valence-electron chi connectivity index (χ2n) is 31.8. The highest BCUT2D eigenvalue weighted by Gasteiger charge is 2.50. The molecule has 0 fully saturated rings. The molecular formula is C107H68F6N6O6Si. The lowest BCUT2D eigenvalue weighted by Crippen LogP contribution is -2.77. The number of fused-ring (bicyclic) bond motifs is 7. The maximum absolute atomic E-state index is 14.2. The van der Waals surface area contributed by atoms with Crippen molar-refractivity contribution in [3.8, 4) is 27.9 Å². The van der Waals surface area contributed by atoms with Crippen molar-refractivity contribution < 1.29 is 55.1 Å². The predicted octanol–water partition coefficient (Wildman–Crippen LogP) is 22.8. The van der Waals surface area contributed by atoms with E-state index in [1.165, 1.54) is 90.7 Å². The van der Waals surface area contributed by atoms with Crippen molar-refractivity contribution in [2.45, 2.75) is 18.8 Å². The first kappa shape index (κ1) is 77.5. The number of imide groups is 3. The Balaban J connectivity index is 0.000000120. The molecule has 0 saturated heterocycles. The first-order valence-corrected chi connectivity index (χ1v) is 42.9. The SMILES string of the molecule is CN1C(=O)c2cccc3c(-c4ccc(-n5c6ccccc6c6ccccc65)cc4)ccc(c23)C1=O.CN1C(=O)c2cccc3c(-c4ccc(N5c6ccccc6Cc6ccccc65)cc4)ccc(c23)C1=O.O=C1c2cccc3c(N4c5ccccc5[Si](c5ccccc5)(c5ccccc5)c5ccccc54)ccc(c23)C(=O)N1c1cc(C(F)(F)F)cc(C(F)(F)F)c1. The van der Waals surface area contributed by atoms with E-state index in [1.54, 1.807) is 30.3 Å². The van der Waals surface area contributed by atoms with Crippen LogP contribution in [-0.4, -0.2) is 72.0 Å². The van der Waals surface area contributed by atoms with E-state index in [2.05, 4.69) is 196 Å². The molecule has 17 aromatic carbocycles. The van der Waals surface area contributed by atoms with E-state index < -0.39 is 49.1 Å². The molecule has 23 rings (SSSR count). The molecule has 0 radical (unpaired) electrons. The van der Waals surface area contributed by atoms with Gasteiger partial charge in [0.05, 0.1) is 33.5 Å². The van der Waals surface area contributed by atoms with Gasteiger partial charge in [0.1, 0.15) is 0 Å². The van der Waals surface area contributed by atoms with E-state index in [9.17, 15) is 55.1 Å². The summed E-state index contributed by atoms with van der Waals surface area (Å²) in [5.41, 5.74) is 14.2. The Bertz CT molecular complexity index is 7400. The first-order chi connectivity index (χ1) is 61.1. The minimum atomic E-state index is -5.17. The highest BCUT2D eigenvalue weighted by Crippen LogP contribution is 2.50. The maximum atomic E-state index is 14.2. The largest absolute Gasteiger partial charge is 0.416 e. The average Bonchev–Trinajstić information content (AvgIpc) is 0.787. The number of nitrogens with zero attached hydrogens (tertiary/aromatic N) is 6. The smallest absolute Gasteiger partial charge is 0.310 e. The van der Waals surface area contributed by atoms with Gasteiger partial charge in [-0.2, -0.15) is 26.3 Å². The molecule has 126 heavy (non-hydrogen) atoms. The normalized spacial score (nSPS) is 14.2. The van der Waals surface area contributed by atoms with Crippen LogP contribution in [0.4, 0.5) is 66.2 Å². The van der Waals surface area contributed by atoms with Crippen LogP contribution >= 0.6 is 0 Å². The molecule has 1 aromatic heterocycles. The van der Waals surface area contributed by atoms with Crippen LogP contribution in [0, 0.1) is 0 Å². The summed E-state index contributed by atoms with van der Waals surface area (Å²) in [6.45, 7) is 0. The summed E-state index contributed by atoms with van der Waals surface area (Å²) in [7, 11) is 0.115. The average molecular weight is 1680 g/mol. The van der Waals surface area contributed by atoms with Crippen molar-refractivity contribution >= 4 is 158 Å². The van der Waals surface area contributed by atoms with E-state index in [0.29, 0.717) is 50.4 Å². The van der Waals surface area contributed by atoms with Gasteiger partial charge in [0.15, 0.2) is 8.07 Å². The number of hydrogen-bond donors (Lipinski definition) is 0. The summed E-state index contributed by atoms with van der Waals surface area (Å²) in [6, 6.07) is 116. The molecule has 5 aliphatic rings. The summed E-state index contributed by atoms with van der Waals surface area (Å²) < 4.78 is 85.3. The van der Waals surface area contributed by atoms with Crippen molar-refractivity contribution in [3.05, 3.63) is 420 Å². The molecule has 19 heteroatoms. The molecule has 0 bridgehead atoms. The molecule has 608 valence electrons. The van der Waals surface area contributed by atoms with Crippen molar-refractivity contribution in [3.63, 3.8) is 0 Å². The molecule has 0 unspecified atom stereocenters. The second kappa shape index (κ2) is 29.7. The van der Waals surface area contributed by atoms with Crippen LogP contribution in [0.15, 0.2) is 364 Å². The Kier molecular flexibility index (Phi) is 18.3. The molecule has 6 heterocycles. The third-order valence-corrected chi connectivity index (χ3v) is 29.8. The van der Waals surface area contributed by atoms with Crippen LogP contribution in [0.1, 0.15) is 84.4 Å². The number of halogens is 6. The summed E-state index contributed by atoms with van der Waals surface area (Å²) in [6.07, 6.45) is -9.42. The van der Waals surface area contributed by atoms with Gasteiger partial charge in [-0.25, -0.2) is 4.90 Å². The van der Waals surface area contributed by atoms with Crippen LogP contribution in [0.2, 0.25) is 0 Å². The number of aromatic nitrogens is 1. The van der Waals surface area contributed by atoms with E-state index in [4.69, 9.17) is 0 Å². The van der Waals surface area contributed by atoms with Crippen molar-refractivity contribution in [1.29, 1.82) is 0 Å². The number of anilines is 7. The number of carbonyl (C=O) groups excluding carboxylic acids is 6. The monoisotopic (exact) mass is 1670 g/mol. The van der Waals surface area contributed by atoms with Gasteiger partial charge < -0.3 is 14.4 Å². The molecule has 0 N–H and O–H groups in total. The molecule has 18 aromatic rings. The zero-order valence-electron chi connectivity index (χ0n) is 67.2.